The lowest BCUT2D eigenvalue weighted by Crippen LogP contribution is -2.50. The second kappa shape index (κ2) is 8.87. The molecule has 3 amide bonds. The van der Waals surface area contributed by atoms with Gasteiger partial charge in [0.2, 0.25) is 5.91 Å². The van der Waals surface area contributed by atoms with Gasteiger partial charge >= 0.3 is 6.03 Å². The van der Waals surface area contributed by atoms with Crippen molar-refractivity contribution in [2.24, 2.45) is 5.41 Å². The van der Waals surface area contributed by atoms with Gasteiger partial charge in [0.05, 0.1) is 6.04 Å². The molecule has 0 aromatic rings. The summed E-state index contributed by atoms with van der Waals surface area (Å²) in [4.78, 5) is 22.9. The van der Waals surface area contributed by atoms with Crippen molar-refractivity contribution in [1.29, 1.82) is 0 Å². The molecule has 4 N–H and O–H groups in total. The normalized spacial score (nSPS) is 12.9. The van der Waals surface area contributed by atoms with Crippen molar-refractivity contribution in [2.75, 3.05) is 19.7 Å². The molecular weight excluding hydrogens is 246 g/mol. The Labute approximate surface area is 115 Å². The average molecular weight is 273 g/mol. The third-order valence-electron chi connectivity index (χ3n) is 3.59. The Bertz CT molecular complexity index is 283. The molecule has 0 fully saturated rings. The van der Waals surface area contributed by atoms with E-state index in [9.17, 15) is 14.7 Å². The van der Waals surface area contributed by atoms with Crippen molar-refractivity contribution < 1.29 is 14.7 Å². The molecule has 0 spiro atoms. The summed E-state index contributed by atoms with van der Waals surface area (Å²) in [5.41, 5.74) is -0.208. The molecule has 0 aliphatic heterocycles. The summed E-state index contributed by atoms with van der Waals surface area (Å²) in [7, 11) is 0. The fraction of sp³-hybridized carbons (Fsp3) is 0.846. The third-order valence-corrected chi connectivity index (χ3v) is 3.59. The highest BCUT2D eigenvalue weighted by molar-refractivity contribution is 5.96. The quantitative estimate of drug-likeness (QED) is 0.521. The summed E-state index contributed by atoms with van der Waals surface area (Å²) in [5.74, 6) is -0.370. The van der Waals surface area contributed by atoms with Gasteiger partial charge in [0.1, 0.15) is 0 Å². The number of imide groups is 1. The number of hydrogen-bond donors (Lipinski definition) is 4. The zero-order valence-corrected chi connectivity index (χ0v) is 12.4. The number of aliphatic hydroxyl groups excluding tert-OH is 1. The topological polar surface area (TPSA) is 90.5 Å². The first kappa shape index (κ1) is 17.9. The van der Waals surface area contributed by atoms with Gasteiger partial charge in [-0.3, -0.25) is 10.1 Å². The molecule has 0 aromatic heterocycles. The smallest absolute Gasteiger partial charge is 0.321 e. The molecule has 0 radical (unpaired) electrons. The number of urea groups is 1. The van der Waals surface area contributed by atoms with Crippen LogP contribution >= 0.6 is 0 Å². The lowest BCUT2D eigenvalue weighted by molar-refractivity contribution is -0.121. The van der Waals surface area contributed by atoms with Crippen molar-refractivity contribution in [3.8, 4) is 0 Å². The van der Waals surface area contributed by atoms with Gasteiger partial charge in [-0.05, 0) is 26.7 Å². The van der Waals surface area contributed by atoms with Crippen molar-refractivity contribution in [1.82, 2.24) is 16.0 Å². The van der Waals surface area contributed by atoms with Crippen LogP contribution in [0, 0.1) is 5.41 Å². The van der Waals surface area contributed by atoms with E-state index in [1.165, 1.54) is 0 Å². The minimum atomic E-state index is -0.486. The van der Waals surface area contributed by atoms with E-state index in [4.69, 9.17) is 0 Å². The molecule has 1 unspecified atom stereocenters. The predicted octanol–water partition coefficient (Wildman–Crippen LogP) is 0.609. The first-order valence-corrected chi connectivity index (χ1v) is 6.87. The van der Waals surface area contributed by atoms with Gasteiger partial charge in [0.25, 0.3) is 0 Å². The average Bonchev–Trinajstić information content (AvgIpc) is 2.40. The number of aliphatic hydroxyl groups is 1. The lowest BCUT2D eigenvalue weighted by Gasteiger charge is -2.30. The van der Waals surface area contributed by atoms with Crippen molar-refractivity contribution in [3.63, 3.8) is 0 Å². The molecule has 0 heterocycles. The van der Waals surface area contributed by atoms with Crippen LogP contribution in [0.5, 0.6) is 0 Å². The molecule has 0 aromatic carbocycles. The molecular formula is C13H27N3O3. The third kappa shape index (κ3) is 6.02. The van der Waals surface area contributed by atoms with Crippen LogP contribution in [-0.4, -0.2) is 42.8 Å². The van der Waals surface area contributed by atoms with E-state index in [-0.39, 0.29) is 17.9 Å². The number of rotatable bonds is 8. The Balaban J connectivity index is 4.26. The van der Waals surface area contributed by atoms with E-state index >= 15 is 0 Å². The van der Waals surface area contributed by atoms with Crippen LogP contribution in [0.1, 0.15) is 40.5 Å². The molecule has 6 nitrogen and oxygen atoms in total. The van der Waals surface area contributed by atoms with E-state index in [1.54, 1.807) is 13.8 Å². The summed E-state index contributed by atoms with van der Waals surface area (Å²) >= 11 is 0. The van der Waals surface area contributed by atoms with Gasteiger partial charge in [-0.2, -0.15) is 0 Å². The number of amides is 3. The zero-order valence-electron chi connectivity index (χ0n) is 12.4. The maximum Gasteiger partial charge on any atom is 0.321 e. The maximum atomic E-state index is 11.7. The Morgan fingerprint density at radius 2 is 1.79 bits per heavy atom. The van der Waals surface area contributed by atoms with Crippen LogP contribution in [0.2, 0.25) is 0 Å². The zero-order chi connectivity index (χ0) is 14.9. The van der Waals surface area contributed by atoms with Crippen molar-refractivity contribution in [2.45, 2.75) is 46.6 Å². The highest BCUT2D eigenvalue weighted by Gasteiger charge is 2.26. The summed E-state index contributed by atoms with van der Waals surface area (Å²) < 4.78 is 0. The largest absolute Gasteiger partial charge is 0.396 e. The summed E-state index contributed by atoms with van der Waals surface area (Å²) in [5, 5.41) is 17.3. The van der Waals surface area contributed by atoms with Crippen molar-refractivity contribution >= 4 is 11.9 Å². The van der Waals surface area contributed by atoms with Crippen molar-refractivity contribution in [3.05, 3.63) is 0 Å². The Kier molecular flexibility index (Phi) is 8.34. The van der Waals surface area contributed by atoms with Crippen LogP contribution < -0.4 is 16.0 Å². The molecule has 1 atom stereocenters. The first-order chi connectivity index (χ1) is 8.94. The lowest BCUT2D eigenvalue weighted by atomic mass is 9.83. The number of carbonyl (C=O) groups is 2. The fourth-order valence-electron chi connectivity index (χ4n) is 1.67. The van der Waals surface area contributed by atoms with Gasteiger partial charge in [-0.1, -0.05) is 13.8 Å². The molecule has 0 saturated carbocycles. The molecule has 0 rings (SSSR count). The van der Waals surface area contributed by atoms with Gasteiger partial charge in [-0.15, -0.1) is 0 Å². The van der Waals surface area contributed by atoms with Crippen LogP contribution in [0.4, 0.5) is 4.79 Å². The second-order valence-corrected chi connectivity index (χ2v) is 4.82. The molecule has 0 aliphatic rings. The molecule has 112 valence electrons. The standard InChI is InChI=1S/C13H27N3O3/c1-5-13(6-2,9-17)8-15-10(4)11(18)16-12(19)14-7-3/h10,15,17H,5-9H2,1-4H3,(H2,14,16,18,19). The highest BCUT2D eigenvalue weighted by Crippen LogP contribution is 2.24. The van der Waals surface area contributed by atoms with E-state index in [0.29, 0.717) is 13.1 Å². The van der Waals surface area contributed by atoms with Gasteiger partial charge < -0.3 is 15.7 Å². The Morgan fingerprint density at radius 1 is 1.21 bits per heavy atom. The molecule has 6 heteroatoms. The van der Waals surface area contributed by atoms with E-state index in [2.05, 4.69) is 16.0 Å². The minimum absolute atomic E-state index is 0.0810. The molecule has 0 saturated heterocycles. The second-order valence-electron chi connectivity index (χ2n) is 4.82. The van der Waals surface area contributed by atoms with Gasteiger partial charge in [-0.25, -0.2) is 4.79 Å². The minimum Gasteiger partial charge on any atom is -0.396 e. The Morgan fingerprint density at radius 3 is 2.21 bits per heavy atom. The van der Waals surface area contributed by atoms with Gasteiger partial charge in [0.15, 0.2) is 0 Å². The van der Waals surface area contributed by atoms with Gasteiger partial charge in [0, 0.05) is 25.1 Å². The summed E-state index contributed by atoms with van der Waals surface area (Å²) in [6, 6.07) is -0.966. The summed E-state index contributed by atoms with van der Waals surface area (Å²) in [6.45, 7) is 8.60. The monoisotopic (exact) mass is 273 g/mol. The van der Waals surface area contributed by atoms with Crippen LogP contribution in [0.25, 0.3) is 0 Å². The van der Waals surface area contributed by atoms with E-state index in [1.807, 2.05) is 13.8 Å². The SMILES string of the molecule is CCNC(=O)NC(=O)C(C)NCC(CC)(CC)CO. The number of hydrogen-bond acceptors (Lipinski definition) is 4. The Hall–Kier alpha value is -1.14. The van der Waals surface area contributed by atoms with Crippen LogP contribution in [0.3, 0.4) is 0 Å². The molecule has 0 aliphatic carbocycles. The highest BCUT2D eigenvalue weighted by atomic mass is 16.3. The predicted molar refractivity (Wildman–Crippen MR) is 74.8 cm³/mol. The summed E-state index contributed by atoms with van der Waals surface area (Å²) in [6.07, 6.45) is 1.66. The fourth-order valence-corrected chi connectivity index (χ4v) is 1.67. The first-order valence-electron chi connectivity index (χ1n) is 6.87. The van der Waals surface area contributed by atoms with E-state index in [0.717, 1.165) is 12.8 Å². The molecule has 0 bridgehead atoms. The maximum absolute atomic E-state index is 11.7. The number of carbonyl (C=O) groups excluding carboxylic acids is 2. The van der Waals surface area contributed by atoms with Crippen LogP contribution in [-0.2, 0) is 4.79 Å². The van der Waals surface area contributed by atoms with Crippen LogP contribution in [0.15, 0.2) is 0 Å². The molecule has 19 heavy (non-hydrogen) atoms. The van der Waals surface area contributed by atoms with E-state index < -0.39 is 12.1 Å². The number of nitrogens with one attached hydrogen (secondary N) is 3.